The zero-order valence-electron chi connectivity index (χ0n) is 10.0. The number of benzene rings is 1. The van der Waals surface area contributed by atoms with E-state index in [9.17, 15) is 0 Å². The van der Waals surface area contributed by atoms with Crippen LogP contribution in [0.1, 0.15) is 24.2 Å². The van der Waals surface area contributed by atoms with Crippen LogP contribution in [-0.4, -0.2) is 12.8 Å². The van der Waals surface area contributed by atoms with E-state index in [2.05, 4.69) is 18.2 Å². The van der Waals surface area contributed by atoms with Crippen LogP contribution >= 0.6 is 0 Å². The first-order chi connectivity index (χ1) is 8.25. The van der Waals surface area contributed by atoms with Gasteiger partial charge in [0, 0.05) is 11.7 Å². The van der Waals surface area contributed by atoms with Gasteiger partial charge >= 0.3 is 0 Å². The third kappa shape index (κ3) is 1.45. The van der Waals surface area contributed by atoms with Crippen LogP contribution in [0.2, 0.25) is 12.1 Å². The molecule has 2 heterocycles. The Hall–Kier alpha value is -0.955. The zero-order chi connectivity index (χ0) is 11.6. The van der Waals surface area contributed by atoms with Crippen molar-refractivity contribution in [2.45, 2.75) is 36.8 Å². The van der Waals surface area contributed by atoms with Gasteiger partial charge < -0.3 is 11.5 Å². The molecule has 88 valence electrons. The molecule has 17 heavy (non-hydrogen) atoms. The number of nitrogens with two attached hydrogens (primary N) is 2. The molecular formula is C14H19BN2. The molecule has 3 heteroatoms. The van der Waals surface area contributed by atoms with Crippen LogP contribution in [-0.2, 0) is 0 Å². The van der Waals surface area contributed by atoms with Crippen molar-refractivity contribution in [1.29, 1.82) is 0 Å². The summed E-state index contributed by atoms with van der Waals surface area (Å²) in [6.45, 7) is 0.923. The minimum Gasteiger partial charge on any atom is -0.399 e. The molecule has 2 saturated heterocycles. The lowest BCUT2D eigenvalue weighted by Crippen LogP contribution is -2.38. The van der Waals surface area contributed by atoms with Crippen LogP contribution in [0.25, 0.3) is 0 Å². The van der Waals surface area contributed by atoms with Crippen LogP contribution in [0.5, 0.6) is 0 Å². The summed E-state index contributed by atoms with van der Waals surface area (Å²) in [4.78, 5) is 0. The molecule has 4 rings (SSSR count). The fraction of sp³-hybridized carbons (Fsp3) is 0.571. The molecule has 4 unspecified atom stereocenters. The Labute approximate surface area is 103 Å². The van der Waals surface area contributed by atoms with Gasteiger partial charge in [0.1, 0.15) is 0 Å². The van der Waals surface area contributed by atoms with Crippen LogP contribution < -0.4 is 11.5 Å². The minimum absolute atomic E-state index is 0.488. The lowest BCUT2D eigenvalue weighted by Gasteiger charge is -2.30. The van der Waals surface area contributed by atoms with Crippen molar-refractivity contribution in [2.24, 2.45) is 17.6 Å². The summed E-state index contributed by atoms with van der Waals surface area (Å²) in [5.74, 6) is 3.31. The summed E-state index contributed by atoms with van der Waals surface area (Å²) in [5.41, 5.74) is 14.6. The summed E-state index contributed by atoms with van der Waals surface area (Å²) in [6.07, 6.45) is 4.11. The summed E-state index contributed by atoms with van der Waals surface area (Å²) in [7, 11) is 0. The highest BCUT2D eigenvalue weighted by Crippen LogP contribution is 2.69. The molecule has 0 bridgehead atoms. The van der Waals surface area contributed by atoms with Gasteiger partial charge in [-0.3, -0.25) is 0 Å². The van der Waals surface area contributed by atoms with Gasteiger partial charge in [-0.1, -0.05) is 29.8 Å². The van der Waals surface area contributed by atoms with Crippen molar-refractivity contribution < 1.29 is 0 Å². The Morgan fingerprint density at radius 3 is 2.82 bits per heavy atom. The van der Waals surface area contributed by atoms with E-state index >= 15 is 0 Å². The second-order valence-corrected chi connectivity index (χ2v) is 6.25. The topological polar surface area (TPSA) is 52.0 Å². The maximum absolute atomic E-state index is 6.35. The predicted octanol–water partition coefficient (Wildman–Crippen LogP) is 2.14. The van der Waals surface area contributed by atoms with E-state index in [1.54, 1.807) is 0 Å². The zero-order valence-corrected chi connectivity index (χ0v) is 10.0. The van der Waals surface area contributed by atoms with E-state index in [0.29, 0.717) is 6.04 Å². The van der Waals surface area contributed by atoms with E-state index in [0.717, 1.165) is 35.9 Å². The van der Waals surface area contributed by atoms with Crippen LogP contribution in [0.4, 0.5) is 5.69 Å². The molecule has 0 amide bonds. The first-order valence-electron chi connectivity index (χ1n) is 6.87. The number of anilines is 1. The maximum Gasteiger partial charge on any atom is 0.151 e. The molecule has 2 aliphatic heterocycles. The van der Waals surface area contributed by atoms with Crippen molar-refractivity contribution in [2.75, 3.05) is 5.73 Å². The predicted molar refractivity (Wildman–Crippen MR) is 72.1 cm³/mol. The second-order valence-electron chi connectivity index (χ2n) is 6.25. The SMILES string of the molecule is Nc1cccc(C2B3CC(C(N)C4CC4)C32)c1. The van der Waals surface area contributed by atoms with Crippen LogP contribution in [0.15, 0.2) is 24.3 Å². The van der Waals surface area contributed by atoms with E-state index < -0.39 is 0 Å². The molecule has 4 N–H and O–H groups in total. The van der Waals surface area contributed by atoms with Crippen molar-refractivity contribution in [3.63, 3.8) is 0 Å². The van der Waals surface area contributed by atoms with Crippen LogP contribution in [0, 0.1) is 11.8 Å². The van der Waals surface area contributed by atoms with Gasteiger partial charge in [-0.2, -0.15) is 0 Å². The number of hydrogen-bond acceptors (Lipinski definition) is 2. The third-order valence-electron chi connectivity index (χ3n) is 5.22. The first-order valence-corrected chi connectivity index (χ1v) is 6.87. The highest BCUT2D eigenvalue weighted by atomic mass is 14.7. The Bertz CT molecular complexity index is 457. The molecule has 1 aromatic rings. The molecule has 1 aromatic carbocycles. The molecule has 3 fully saturated rings. The van der Waals surface area contributed by atoms with E-state index in [1.807, 2.05) is 6.07 Å². The summed E-state index contributed by atoms with van der Waals surface area (Å²) >= 11 is 0. The first kappa shape index (κ1) is 10.0. The molecule has 3 aliphatic rings. The average Bonchev–Trinajstić information content (AvgIpc) is 3.14. The van der Waals surface area contributed by atoms with Crippen molar-refractivity contribution in [3.05, 3.63) is 29.8 Å². The lowest BCUT2D eigenvalue weighted by atomic mass is 9.45. The highest BCUT2D eigenvalue weighted by molar-refractivity contribution is 6.77. The highest BCUT2D eigenvalue weighted by Gasteiger charge is 2.67. The van der Waals surface area contributed by atoms with Crippen molar-refractivity contribution in [1.82, 2.24) is 0 Å². The number of fused-ring (bicyclic) bond motifs is 1. The summed E-state index contributed by atoms with van der Waals surface area (Å²) in [5, 5.41) is 0. The molecule has 2 nitrogen and oxygen atoms in total. The van der Waals surface area contributed by atoms with Crippen LogP contribution in [0.3, 0.4) is 0 Å². The fourth-order valence-corrected chi connectivity index (χ4v) is 4.04. The summed E-state index contributed by atoms with van der Waals surface area (Å²) < 4.78 is 0. The lowest BCUT2D eigenvalue weighted by molar-refractivity contribution is 0.394. The second kappa shape index (κ2) is 3.29. The Kier molecular flexibility index (Phi) is 1.94. The molecular weight excluding hydrogens is 207 g/mol. The molecule has 0 spiro atoms. The Morgan fingerprint density at radius 1 is 1.29 bits per heavy atom. The molecule has 0 radical (unpaired) electrons. The van der Waals surface area contributed by atoms with Crippen molar-refractivity contribution in [3.8, 4) is 0 Å². The van der Waals surface area contributed by atoms with Crippen molar-refractivity contribution >= 4 is 12.4 Å². The third-order valence-corrected chi connectivity index (χ3v) is 5.22. The number of nitrogen functional groups attached to an aromatic ring is 1. The Morgan fingerprint density at radius 2 is 2.12 bits per heavy atom. The standard InChI is InChI=1S/C14H19BN2/c16-10-3-1-2-9(6-10)12-13-11(7-15(12)13)14(17)8-4-5-8/h1-3,6,8,11-14H,4-5,7,16-17H2. The molecule has 1 aliphatic carbocycles. The fourth-order valence-electron chi connectivity index (χ4n) is 4.04. The molecule has 4 atom stereocenters. The Balaban J connectivity index is 1.49. The van der Waals surface area contributed by atoms with Gasteiger partial charge in [0.25, 0.3) is 0 Å². The number of hydrogen-bond donors (Lipinski definition) is 2. The van der Waals surface area contributed by atoms with Gasteiger partial charge in [0.2, 0.25) is 0 Å². The molecule has 0 aromatic heterocycles. The largest absolute Gasteiger partial charge is 0.399 e. The number of rotatable bonds is 3. The van der Waals surface area contributed by atoms with Gasteiger partial charge in [-0.25, -0.2) is 0 Å². The molecule has 1 saturated carbocycles. The van der Waals surface area contributed by atoms with E-state index in [-0.39, 0.29) is 0 Å². The van der Waals surface area contributed by atoms with E-state index in [4.69, 9.17) is 11.5 Å². The normalized spacial score (nSPS) is 36.1. The average molecular weight is 226 g/mol. The quantitative estimate of drug-likeness (QED) is 0.612. The minimum atomic E-state index is 0.488. The van der Waals surface area contributed by atoms with E-state index in [1.165, 1.54) is 24.7 Å². The van der Waals surface area contributed by atoms with Gasteiger partial charge in [-0.15, -0.1) is 0 Å². The maximum atomic E-state index is 6.35. The van der Waals surface area contributed by atoms with Gasteiger partial charge in [0.15, 0.2) is 6.71 Å². The van der Waals surface area contributed by atoms with Gasteiger partial charge in [-0.05, 0) is 42.6 Å². The monoisotopic (exact) mass is 226 g/mol. The summed E-state index contributed by atoms with van der Waals surface area (Å²) in [6, 6.07) is 8.93. The smallest absolute Gasteiger partial charge is 0.151 e. The van der Waals surface area contributed by atoms with Gasteiger partial charge in [0.05, 0.1) is 0 Å².